The molecule has 1 saturated carbocycles. The van der Waals surface area contributed by atoms with Gasteiger partial charge in [0.05, 0.1) is 16.7 Å². The van der Waals surface area contributed by atoms with Crippen LogP contribution in [-0.4, -0.2) is 54.7 Å². The Kier molecular flexibility index (Phi) is 6.47. The number of hydrogen-bond acceptors (Lipinski definition) is 4. The molecule has 0 radical (unpaired) electrons. The average Bonchev–Trinajstić information content (AvgIpc) is 2.66. The van der Waals surface area contributed by atoms with Gasteiger partial charge in [-0.2, -0.15) is 13.2 Å². The molecule has 2 fully saturated rings. The van der Waals surface area contributed by atoms with Gasteiger partial charge in [0, 0.05) is 32.4 Å². The molecule has 3 rings (SSSR count). The van der Waals surface area contributed by atoms with Crippen molar-refractivity contribution in [1.82, 2.24) is 9.88 Å². The van der Waals surface area contributed by atoms with Crippen molar-refractivity contribution in [2.75, 3.05) is 37.7 Å². The number of amides is 1. The number of ether oxygens (including phenoxy) is 1. The molecule has 0 aromatic carbocycles. The molecular weight excluding hydrogens is 383 g/mol. The minimum absolute atomic E-state index is 0.0368. The van der Waals surface area contributed by atoms with Gasteiger partial charge in [0.1, 0.15) is 12.4 Å². The van der Waals surface area contributed by atoms with E-state index < -0.39 is 11.7 Å². The number of hydrogen-bond donors (Lipinski definition) is 0. The zero-order chi connectivity index (χ0) is 19.4. The highest BCUT2D eigenvalue weighted by molar-refractivity contribution is 6.33. The van der Waals surface area contributed by atoms with Crippen LogP contribution in [-0.2, 0) is 15.7 Å². The van der Waals surface area contributed by atoms with Crippen molar-refractivity contribution in [3.05, 3.63) is 22.8 Å². The molecule has 0 spiro atoms. The largest absolute Gasteiger partial charge is 0.417 e. The van der Waals surface area contributed by atoms with Gasteiger partial charge in [0.15, 0.2) is 0 Å². The van der Waals surface area contributed by atoms with E-state index >= 15 is 0 Å². The molecule has 1 amide bonds. The third kappa shape index (κ3) is 5.25. The highest BCUT2D eigenvalue weighted by atomic mass is 35.5. The molecule has 0 N–H and O–H groups in total. The summed E-state index contributed by atoms with van der Waals surface area (Å²) in [6.45, 7) is 1.95. The summed E-state index contributed by atoms with van der Waals surface area (Å²) in [5.74, 6) is 0.266. The Morgan fingerprint density at radius 3 is 2.44 bits per heavy atom. The third-order valence-corrected chi connectivity index (χ3v) is 5.35. The van der Waals surface area contributed by atoms with E-state index in [9.17, 15) is 18.0 Å². The maximum atomic E-state index is 12.7. The van der Waals surface area contributed by atoms with Gasteiger partial charge in [-0.05, 0) is 18.9 Å². The summed E-state index contributed by atoms with van der Waals surface area (Å²) in [5.41, 5.74) is -0.870. The van der Waals surface area contributed by atoms with Crippen molar-refractivity contribution in [2.24, 2.45) is 0 Å². The standard InChI is InChI=1S/C18H23ClF3N3O2/c19-15-10-13(18(20,21)22)11-23-17(15)25-8-6-24(7-9-25)16(26)12-27-14-4-2-1-3-5-14/h10-11,14H,1-9,12H2. The highest BCUT2D eigenvalue weighted by Crippen LogP contribution is 2.33. The molecule has 0 unspecified atom stereocenters. The molecule has 1 aliphatic carbocycles. The molecule has 0 atom stereocenters. The van der Waals surface area contributed by atoms with Gasteiger partial charge in [-0.3, -0.25) is 4.79 Å². The lowest BCUT2D eigenvalue weighted by atomic mass is 9.98. The van der Waals surface area contributed by atoms with Crippen LogP contribution in [0, 0.1) is 0 Å². The first-order valence-electron chi connectivity index (χ1n) is 9.21. The second-order valence-electron chi connectivity index (χ2n) is 6.97. The van der Waals surface area contributed by atoms with Crippen LogP contribution in [0.25, 0.3) is 0 Å². The molecule has 1 aromatic rings. The monoisotopic (exact) mass is 405 g/mol. The third-order valence-electron chi connectivity index (χ3n) is 5.08. The molecular formula is C18H23ClF3N3O2. The summed E-state index contributed by atoms with van der Waals surface area (Å²) < 4.78 is 43.9. The maximum Gasteiger partial charge on any atom is 0.417 e. The second-order valence-corrected chi connectivity index (χ2v) is 7.37. The SMILES string of the molecule is O=C(COC1CCCCC1)N1CCN(c2ncc(C(F)(F)F)cc2Cl)CC1. The van der Waals surface area contributed by atoms with Crippen LogP contribution in [0.4, 0.5) is 19.0 Å². The van der Waals surface area contributed by atoms with E-state index in [1.165, 1.54) is 6.42 Å². The Morgan fingerprint density at radius 2 is 1.85 bits per heavy atom. The lowest BCUT2D eigenvalue weighted by molar-refractivity contribution is -0.139. The Bertz CT molecular complexity index is 658. The fourth-order valence-electron chi connectivity index (χ4n) is 3.50. The van der Waals surface area contributed by atoms with Crippen LogP contribution in [0.3, 0.4) is 0 Å². The van der Waals surface area contributed by atoms with Gasteiger partial charge in [-0.15, -0.1) is 0 Å². The smallest absolute Gasteiger partial charge is 0.368 e. The topological polar surface area (TPSA) is 45.7 Å². The predicted octanol–water partition coefficient (Wildman–Crippen LogP) is 3.75. The van der Waals surface area contributed by atoms with E-state index in [1.54, 1.807) is 9.80 Å². The van der Waals surface area contributed by atoms with Crippen molar-refractivity contribution >= 4 is 23.3 Å². The fraction of sp³-hybridized carbons (Fsp3) is 0.667. The van der Waals surface area contributed by atoms with Gasteiger partial charge in [0.25, 0.3) is 0 Å². The van der Waals surface area contributed by atoms with E-state index in [-0.39, 0.29) is 23.6 Å². The van der Waals surface area contributed by atoms with Crippen molar-refractivity contribution in [3.8, 4) is 0 Å². The van der Waals surface area contributed by atoms with Gasteiger partial charge < -0.3 is 14.5 Å². The summed E-state index contributed by atoms with van der Waals surface area (Å²) in [6, 6.07) is 0.888. The van der Waals surface area contributed by atoms with Crippen molar-refractivity contribution in [2.45, 2.75) is 44.4 Å². The number of nitrogens with zero attached hydrogens (tertiary/aromatic N) is 3. The predicted molar refractivity (Wildman–Crippen MR) is 95.9 cm³/mol. The van der Waals surface area contributed by atoms with Crippen molar-refractivity contribution in [1.29, 1.82) is 0 Å². The van der Waals surface area contributed by atoms with Crippen molar-refractivity contribution in [3.63, 3.8) is 0 Å². The van der Waals surface area contributed by atoms with E-state index in [0.717, 1.165) is 37.9 Å². The number of halogens is 4. The van der Waals surface area contributed by atoms with Crippen LogP contribution < -0.4 is 4.90 Å². The molecule has 2 aliphatic rings. The first kappa shape index (κ1) is 20.2. The summed E-state index contributed by atoms with van der Waals surface area (Å²) in [6.07, 6.45) is 2.06. The van der Waals surface area contributed by atoms with E-state index in [4.69, 9.17) is 16.3 Å². The molecule has 2 heterocycles. The molecule has 150 valence electrons. The summed E-state index contributed by atoms with van der Waals surface area (Å²) in [4.78, 5) is 19.7. The molecule has 1 aliphatic heterocycles. The molecule has 1 aromatic heterocycles. The number of piperazine rings is 1. The average molecular weight is 406 g/mol. The van der Waals surface area contributed by atoms with Crippen LogP contribution in [0.1, 0.15) is 37.7 Å². The zero-order valence-corrected chi connectivity index (χ0v) is 15.7. The van der Waals surface area contributed by atoms with Gasteiger partial charge in [-0.25, -0.2) is 4.98 Å². The summed E-state index contributed by atoms with van der Waals surface area (Å²) in [7, 11) is 0. The highest BCUT2D eigenvalue weighted by Gasteiger charge is 2.32. The Balaban J connectivity index is 1.50. The Morgan fingerprint density at radius 1 is 1.19 bits per heavy atom. The zero-order valence-electron chi connectivity index (χ0n) is 15.0. The van der Waals surface area contributed by atoms with Gasteiger partial charge in [0.2, 0.25) is 5.91 Å². The molecule has 5 nitrogen and oxygen atoms in total. The number of carbonyl (C=O) groups is 1. The first-order chi connectivity index (χ1) is 12.8. The first-order valence-corrected chi connectivity index (χ1v) is 9.59. The summed E-state index contributed by atoms with van der Waals surface area (Å²) in [5, 5.41) is -0.0368. The van der Waals surface area contributed by atoms with E-state index in [2.05, 4.69) is 4.98 Å². The van der Waals surface area contributed by atoms with Crippen LogP contribution >= 0.6 is 11.6 Å². The minimum atomic E-state index is -4.47. The summed E-state index contributed by atoms with van der Waals surface area (Å²) >= 11 is 6.00. The van der Waals surface area contributed by atoms with E-state index in [0.29, 0.717) is 32.0 Å². The number of alkyl halides is 3. The normalized spacial score (nSPS) is 19.4. The molecule has 27 heavy (non-hydrogen) atoms. The lowest BCUT2D eigenvalue weighted by Crippen LogP contribution is -2.50. The number of rotatable bonds is 4. The number of carbonyl (C=O) groups excluding carboxylic acids is 1. The molecule has 9 heteroatoms. The second kappa shape index (κ2) is 8.65. The van der Waals surface area contributed by atoms with Crippen molar-refractivity contribution < 1.29 is 22.7 Å². The van der Waals surface area contributed by atoms with Crippen LogP contribution in [0.2, 0.25) is 5.02 Å². The Hall–Kier alpha value is -1.54. The quantitative estimate of drug-likeness (QED) is 0.765. The molecule has 0 bridgehead atoms. The fourth-order valence-corrected chi connectivity index (χ4v) is 3.78. The van der Waals surface area contributed by atoms with E-state index in [1.807, 2.05) is 0 Å². The maximum absolute atomic E-state index is 12.7. The number of aromatic nitrogens is 1. The number of anilines is 1. The van der Waals surface area contributed by atoms with Crippen LogP contribution in [0.15, 0.2) is 12.3 Å². The molecule has 1 saturated heterocycles. The lowest BCUT2D eigenvalue weighted by Gasteiger charge is -2.36. The van der Waals surface area contributed by atoms with Gasteiger partial charge in [-0.1, -0.05) is 30.9 Å². The number of pyridine rings is 1. The van der Waals surface area contributed by atoms with Crippen LogP contribution in [0.5, 0.6) is 0 Å². The minimum Gasteiger partial charge on any atom is -0.368 e. The van der Waals surface area contributed by atoms with Gasteiger partial charge >= 0.3 is 6.18 Å². The Labute approximate surface area is 161 Å².